The first-order valence-corrected chi connectivity index (χ1v) is 11.0. The fourth-order valence-electron chi connectivity index (χ4n) is 4.04. The number of aromatic nitrogens is 2. The Morgan fingerprint density at radius 3 is 2.87 bits per heavy atom. The maximum absolute atomic E-state index is 12.9. The molecule has 1 unspecified atom stereocenters. The molecule has 4 heterocycles. The van der Waals surface area contributed by atoms with Crippen LogP contribution in [0.25, 0.3) is 10.2 Å². The lowest BCUT2D eigenvalue weighted by atomic mass is 9.93. The molecule has 1 aromatic carbocycles. The molecule has 154 valence electrons. The van der Waals surface area contributed by atoms with E-state index in [0.29, 0.717) is 31.4 Å². The summed E-state index contributed by atoms with van der Waals surface area (Å²) in [5.41, 5.74) is 1.86. The summed E-state index contributed by atoms with van der Waals surface area (Å²) in [5.74, 6) is 0.776. The number of anilines is 1. The normalized spacial score (nSPS) is 19.4. The summed E-state index contributed by atoms with van der Waals surface area (Å²) >= 11 is 1.46. The highest BCUT2D eigenvalue weighted by molar-refractivity contribution is 7.22. The topological polar surface area (TPSA) is 75.6 Å². The van der Waals surface area contributed by atoms with Gasteiger partial charge in [0.2, 0.25) is 11.8 Å². The molecule has 5 rings (SSSR count). The molecule has 2 fully saturated rings. The van der Waals surface area contributed by atoms with Crippen LogP contribution in [-0.2, 0) is 9.59 Å². The molecule has 0 bridgehead atoms. The number of carbonyl (C=O) groups is 2. The average Bonchev–Trinajstić information content (AvgIpc) is 3.30. The van der Waals surface area contributed by atoms with Crippen LogP contribution < -0.4 is 9.64 Å². The minimum atomic E-state index is -0.312. The summed E-state index contributed by atoms with van der Waals surface area (Å²) in [5, 5.41) is 0.647. The second-order valence-corrected chi connectivity index (χ2v) is 8.67. The summed E-state index contributed by atoms with van der Waals surface area (Å²) in [6.45, 7) is 4.27. The number of rotatable bonds is 5. The van der Waals surface area contributed by atoms with Crippen LogP contribution in [0, 0.1) is 5.92 Å². The minimum absolute atomic E-state index is 0.0424. The quantitative estimate of drug-likeness (QED) is 0.632. The van der Waals surface area contributed by atoms with Gasteiger partial charge >= 0.3 is 0 Å². The third-order valence-electron chi connectivity index (χ3n) is 5.66. The molecule has 0 N–H and O–H groups in total. The number of amides is 2. The molecule has 2 aromatic heterocycles. The second-order valence-electron chi connectivity index (χ2n) is 7.66. The molecule has 7 nitrogen and oxygen atoms in total. The molecule has 0 saturated carbocycles. The summed E-state index contributed by atoms with van der Waals surface area (Å²) < 4.78 is 6.52. The van der Waals surface area contributed by atoms with Crippen molar-refractivity contribution in [2.45, 2.75) is 19.3 Å². The smallest absolute Gasteiger partial charge is 0.229 e. The van der Waals surface area contributed by atoms with Crippen LogP contribution in [0.5, 0.6) is 5.75 Å². The molecule has 1 atom stereocenters. The molecule has 2 saturated heterocycles. The number of fused-ring (bicyclic) bond motifs is 1. The number of pyridine rings is 1. The van der Waals surface area contributed by atoms with Crippen molar-refractivity contribution in [2.75, 3.05) is 31.1 Å². The molecular formula is C22H22N4O3S. The number of thiazole rings is 1. The van der Waals surface area contributed by atoms with Gasteiger partial charge in [0, 0.05) is 43.9 Å². The van der Waals surface area contributed by atoms with Crippen LogP contribution in [0.15, 0.2) is 42.6 Å². The summed E-state index contributed by atoms with van der Waals surface area (Å²) in [6.07, 6.45) is 2.02. The van der Waals surface area contributed by atoms with Gasteiger partial charge in [-0.2, -0.15) is 0 Å². The molecule has 0 radical (unpaired) electrons. The van der Waals surface area contributed by atoms with Gasteiger partial charge in [0.05, 0.1) is 22.7 Å². The van der Waals surface area contributed by atoms with Gasteiger partial charge in [-0.3, -0.25) is 19.5 Å². The molecule has 0 aliphatic carbocycles. The SMILES string of the molecule is CCOc1ccc2nc(N3CC(C(=O)N4CC(c5ccccn5)C4)CC3=O)sc2c1. The van der Waals surface area contributed by atoms with Crippen molar-refractivity contribution in [3.05, 3.63) is 48.3 Å². The Labute approximate surface area is 178 Å². The van der Waals surface area contributed by atoms with Crippen LogP contribution in [0.3, 0.4) is 0 Å². The Kier molecular flexibility index (Phi) is 4.86. The lowest BCUT2D eigenvalue weighted by molar-refractivity contribution is -0.140. The third-order valence-corrected chi connectivity index (χ3v) is 6.71. The predicted molar refractivity (Wildman–Crippen MR) is 115 cm³/mol. The largest absolute Gasteiger partial charge is 0.494 e. The van der Waals surface area contributed by atoms with Crippen molar-refractivity contribution >= 4 is 38.5 Å². The zero-order valence-electron chi connectivity index (χ0n) is 16.7. The van der Waals surface area contributed by atoms with Gasteiger partial charge < -0.3 is 9.64 Å². The molecule has 30 heavy (non-hydrogen) atoms. The Morgan fingerprint density at radius 2 is 2.10 bits per heavy atom. The van der Waals surface area contributed by atoms with Crippen LogP contribution >= 0.6 is 11.3 Å². The predicted octanol–water partition coefficient (Wildman–Crippen LogP) is 3.07. The van der Waals surface area contributed by atoms with Gasteiger partial charge in [-0.1, -0.05) is 17.4 Å². The lowest BCUT2D eigenvalue weighted by Crippen LogP contribution is -2.51. The van der Waals surface area contributed by atoms with Crippen molar-refractivity contribution in [3.8, 4) is 5.75 Å². The Balaban J connectivity index is 1.25. The zero-order chi connectivity index (χ0) is 20.7. The zero-order valence-corrected chi connectivity index (χ0v) is 17.5. The van der Waals surface area contributed by atoms with Gasteiger partial charge in [0.25, 0.3) is 0 Å². The second kappa shape index (κ2) is 7.68. The van der Waals surface area contributed by atoms with E-state index in [9.17, 15) is 9.59 Å². The van der Waals surface area contributed by atoms with E-state index in [4.69, 9.17) is 4.74 Å². The van der Waals surface area contributed by atoms with Crippen molar-refractivity contribution in [3.63, 3.8) is 0 Å². The van der Waals surface area contributed by atoms with E-state index in [1.54, 1.807) is 11.1 Å². The number of nitrogens with zero attached hydrogens (tertiary/aromatic N) is 4. The fraction of sp³-hybridized carbons (Fsp3) is 0.364. The minimum Gasteiger partial charge on any atom is -0.494 e. The molecule has 2 amide bonds. The third kappa shape index (κ3) is 3.41. The van der Waals surface area contributed by atoms with Gasteiger partial charge in [-0.05, 0) is 37.3 Å². The molecule has 2 aliphatic heterocycles. The van der Waals surface area contributed by atoms with Gasteiger partial charge in [0.15, 0.2) is 5.13 Å². The molecule has 3 aromatic rings. The van der Waals surface area contributed by atoms with E-state index in [2.05, 4.69) is 9.97 Å². The number of benzene rings is 1. The number of ether oxygens (including phenoxy) is 1. The van der Waals surface area contributed by atoms with Crippen LogP contribution in [0.1, 0.15) is 25.0 Å². The first-order chi connectivity index (χ1) is 14.6. The summed E-state index contributed by atoms with van der Waals surface area (Å²) in [4.78, 5) is 38.0. The first-order valence-electron chi connectivity index (χ1n) is 10.2. The maximum Gasteiger partial charge on any atom is 0.229 e. The van der Waals surface area contributed by atoms with E-state index in [1.807, 2.05) is 48.2 Å². The molecular weight excluding hydrogens is 400 g/mol. The van der Waals surface area contributed by atoms with Crippen molar-refractivity contribution < 1.29 is 14.3 Å². The summed E-state index contributed by atoms with van der Waals surface area (Å²) in [7, 11) is 0. The fourth-order valence-corrected chi connectivity index (χ4v) is 5.06. The maximum atomic E-state index is 12.9. The van der Waals surface area contributed by atoms with Gasteiger partial charge in [0.1, 0.15) is 5.75 Å². The number of likely N-dealkylation sites (tertiary alicyclic amines) is 1. The number of carbonyl (C=O) groups excluding carboxylic acids is 2. The van der Waals surface area contributed by atoms with E-state index < -0.39 is 0 Å². The monoisotopic (exact) mass is 422 g/mol. The number of hydrogen-bond acceptors (Lipinski definition) is 6. The van der Waals surface area contributed by atoms with E-state index in [1.165, 1.54) is 11.3 Å². The van der Waals surface area contributed by atoms with Crippen LogP contribution in [0.4, 0.5) is 5.13 Å². The number of hydrogen-bond donors (Lipinski definition) is 0. The van der Waals surface area contributed by atoms with E-state index in [0.717, 1.165) is 21.7 Å². The van der Waals surface area contributed by atoms with Crippen molar-refractivity contribution in [1.82, 2.24) is 14.9 Å². The van der Waals surface area contributed by atoms with Gasteiger partial charge in [-0.15, -0.1) is 0 Å². The Hall–Kier alpha value is -3.00. The molecule has 2 aliphatic rings. The van der Waals surface area contributed by atoms with Gasteiger partial charge in [-0.25, -0.2) is 4.98 Å². The van der Waals surface area contributed by atoms with Crippen molar-refractivity contribution in [2.24, 2.45) is 5.92 Å². The van der Waals surface area contributed by atoms with E-state index in [-0.39, 0.29) is 30.1 Å². The average molecular weight is 423 g/mol. The van der Waals surface area contributed by atoms with E-state index >= 15 is 0 Å². The van der Waals surface area contributed by atoms with Crippen LogP contribution in [-0.4, -0.2) is 52.9 Å². The van der Waals surface area contributed by atoms with Crippen molar-refractivity contribution in [1.29, 1.82) is 0 Å². The van der Waals surface area contributed by atoms with Crippen LogP contribution in [0.2, 0.25) is 0 Å². The summed E-state index contributed by atoms with van der Waals surface area (Å²) in [6, 6.07) is 11.6. The highest BCUT2D eigenvalue weighted by Gasteiger charge is 2.42. The Bertz CT molecular complexity index is 1090. The Morgan fingerprint density at radius 1 is 1.23 bits per heavy atom. The highest BCUT2D eigenvalue weighted by Crippen LogP contribution is 2.36. The highest BCUT2D eigenvalue weighted by atomic mass is 32.1. The first kappa shape index (κ1) is 19.0. The standard InChI is InChI=1S/C22H22N4O3S/c1-2-29-16-6-7-18-19(10-16)30-22(24-18)26-13-14(9-20(26)27)21(28)25-11-15(12-25)17-5-3-4-8-23-17/h3-8,10,14-15H,2,9,11-13H2,1H3. The lowest BCUT2D eigenvalue weighted by Gasteiger charge is -2.40. The molecule has 0 spiro atoms. The molecule has 8 heteroatoms.